The van der Waals surface area contributed by atoms with Gasteiger partial charge in [-0.2, -0.15) is 5.10 Å². The molecule has 0 bridgehead atoms. The standard InChI is InChI=1S/C16H17BrN6O/c1-11-5-3-4-6-13(11)8-22-10-18-16(21-22)20-15(24)12(2)23-9-14(17)7-19-23/h3-7,9-10,12H,8H2,1-2H3,(H,20,21,24). The summed E-state index contributed by atoms with van der Waals surface area (Å²) in [4.78, 5) is 16.4. The molecule has 0 aliphatic carbocycles. The molecule has 2 heterocycles. The zero-order valence-electron chi connectivity index (χ0n) is 13.3. The third kappa shape index (κ3) is 3.70. The van der Waals surface area contributed by atoms with Gasteiger partial charge in [0, 0.05) is 6.20 Å². The molecule has 0 saturated carbocycles. The van der Waals surface area contributed by atoms with Gasteiger partial charge < -0.3 is 0 Å². The number of aryl methyl sites for hydroxylation is 1. The highest BCUT2D eigenvalue weighted by molar-refractivity contribution is 9.10. The first-order valence-corrected chi connectivity index (χ1v) is 8.26. The van der Waals surface area contributed by atoms with E-state index in [0.717, 1.165) is 10.0 Å². The van der Waals surface area contributed by atoms with E-state index >= 15 is 0 Å². The molecule has 0 saturated heterocycles. The Balaban J connectivity index is 1.65. The summed E-state index contributed by atoms with van der Waals surface area (Å²) in [5, 5.41) is 11.1. The molecule has 3 aromatic rings. The van der Waals surface area contributed by atoms with E-state index in [2.05, 4.69) is 49.4 Å². The van der Waals surface area contributed by atoms with Crippen molar-refractivity contribution in [1.29, 1.82) is 0 Å². The summed E-state index contributed by atoms with van der Waals surface area (Å²) in [6.45, 7) is 4.43. The number of nitrogens with one attached hydrogen (secondary N) is 1. The summed E-state index contributed by atoms with van der Waals surface area (Å²) in [7, 11) is 0. The minimum atomic E-state index is -0.459. The summed E-state index contributed by atoms with van der Waals surface area (Å²) in [5.41, 5.74) is 2.35. The fraction of sp³-hybridized carbons (Fsp3) is 0.250. The van der Waals surface area contributed by atoms with Crippen molar-refractivity contribution < 1.29 is 4.79 Å². The van der Waals surface area contributed by atoms with Crippen molar-refractivity contribution in [2.45, 2.75) is 26.4 Å². The highest BCUT2D eigenvalue weighted by Crippen LogP contribution is 2.13. The summed E-state index contributed by atoms with van der Waals surface area (Å²) < 4.78 is 4.10. The number of rotatable bonds is 5. The van der Waals surface area contributed by atoms with Gasteiger partial charge in [-0.1, -0.05) is 24.3 Å². The largest absolute Gasteiger partial charge is 0.291 e. The Hall–Kier alpha value is -2.48. The molecular formula is C16H17BrN6O. The minimum absolute atomic E-state index is 0.223. The third-order valence-electron chi connectivity index (χ3n) is 3.71. The lowest BCUT2D eigenvalue weighted by molar-refractivity contribution is -0.119. The van der Waals surface area contributed by atoms with Crippen molar-refractivity contribution in [2.75, 3.05) is 5.32 Å². The van der Waals surface area contributed by atoms with Gasteiger partial charge in [0.1, 0.15) is 12.4 Å². The van der Waals surface area contributed by atoms with Crippen molar-refractivity contribution >= 4 is 27.8 Å². The molecule has 7 nitrogen and oxygen atoms in total. The van der Waals surface area contributed by atoms with Gasteiger partial charge in [-0.25, -0.2) is 9.67 Å². The van der Waals surface area contributed by atoms with E-state index in [1.54, 1.807) is 35.0 Å². The summed E-state index contributed by atoms with van der Waals surface area (Å²) in [6, 6.07) is 7.64. The smallest absolute Gasteiger partial charge is 0.251 e. The molecule has 1 unspecified atom stereocenters. The first kappa shape index (κ1) is 16.4. The predicted octanol–water partition coefficient (Wildman–Crippen LogP) is 2.79. The molecule has 24 heavy (non-hydrogen) atoms. The Labute approximate surface area is 147 Å². The average Bonchev–Trinajstić information content (AvgIpc) is 3.18. The second-order valence-electron chi connectivity index (χ2n) is 5.50. The zero-order chi connectivity index (χ0) is 17.1. The van der Waals surface area contributed by atoms with Gasteiger partial charge in [0.2, 0.25) is 5.95 Å². The van der Waals surface area contributed by atoms with Crippen LogP contribution in [-0.4, -0.2) is 30.5 Å². The Morgan fingerprint density at radius 1 is 1.38 bits per heavy atom. The number of aromatic nitrogens is 5. The molecule has 0 aliphatic heterocycles. The van der Waals surface area contributed by atoms with E-state index in [1.165, 1.54) is 5.56 Å². The minimum Gasteiger partial charge on any atom is -0.291 e. The first-order valence-electron chi connectivity index (χ1n) is 7.47. The fourth-order valence-corrected chi connectivity index (χ4v) is 2.55. The molecule has 0 fully saturated rings. The van der Waals surface area contributed by atoms with Gasteiger partial charge in [0.25, 0.3) is 5.91 Å². The summed E-state index contributed by atoms with van der Waals surface area (Å²) in [6.07, 6.45) is 4.99. The number of hydrogen-bond donors (Lipinski definition) is 1. The van der Waals surface area contributed by atoms with Crippen molar-refractivity contribution in [3.05, 3.63) is 58.6 Å². The summed E-state index contributed by atoms with van der Waals surface area (Å²) >= 11 is 3.31. The van der Waals surface area contributed by atoms with Gasteiger partial charge in [-0.05, 0) is 40.9 Å². The predicted molar refractivity (Wildman–Crippen MR) is 93.6 cm³/mol. The van der Waals surface area contributed by atoms with Crippen molar-refractivity contribution in [1.82, 2.24) is 24.5 Å². The molecule has 8 heteroatoms. The van der Waals surface area contributed by atoms with Crippen molar-refractivity contribution in [2.24, 2.45) is 0 Å². The number of carbonyl (C=O) groups is 1. The highest BCUT2D eigenvalue weighted by atomic mass is 79.9. The van der Waals surface area contributed by atoms with Crippen LogP contribution in [0.4, 0.5) is 5.95 Å². The number of amides is 1. The average molecular weight is 389 g/mol. The Bertz CT molecular complexity index is 856. The lowest BCUT2D eigenvalue weighted by Gasteiger charge is -2.10. The van der Waals surface area contributed by atoms with Crippen LogP contribution in [0.1, 0.15) is 24.1 Å². The van der Waals surface area contributed by atoms with E-state index in [4.69, 9.17) is 0 Å². The monoisotopic (exact) mass is 388 g/mol. The van der Waals surface area contributed by atoms with Crippen LogP contribution in [0.15, 0.2) is 47.5 Å². The van der Waals surface area contributed by atoms with E-state index in [9.17, 15) is 4.79 Å². The Morgan fingerprint density at radius 3 is 2.88 bits per heavy atom. The molecule has 1 N–H and O–H groups in total. The van der Waals surface area contributed by atoms with Gasteiger partial charge in [0.05, 0.1) is 17.2 Å². The Morgan fingerprint density at radius 2 is 2.17 bits per heavy atom. The number of nitrogens with zero attached hydrogens (tertiary/aromatic N) is 5. The third-order valence-corrected chi connectivity index (χ3v) is 4.12. The highest BCUT2D eigenvalue weighted by Gasteiger charge is 2.17. The van der Waals surface area contributed by atoms with E-state index in [-0.39, 0.29) is 11.9 Å². The van der Waals surface area contributed by atoms with Crippen LogP contribution in [0, 0.1) is 6.92 Å². The lowest BCUT2D eigenvalue weighted by Crippen LogP contribution is -2.24. The van der Waals surface area contributed by atoms with Gasteiger partial charge in [0.15, 0.2) is 0 Å². The van der Waals surface area contributed by atoms with E-state index in [1.807, 2.05) is 18.2 Å². The maximum absolute atomic E-state index is 12.3. The maximum atomic E-state index is 12.3. The van der Waals surface area contributed by atoms with Crippen LogP contribution in [0.2, 0.25) is 0 Å². The molecule has 2 aromatic heterocycles. The van der Waals surface area contributed by atoms with Crippen LogP contribution in [0.25, 0.3) is 0 Å². The topological polar surface area (TPSA) is 77.6 Å². The number of halogens is 1. The second kappa shape index (κ2) is 6.96. The number of anilines is 1. The van der Waals surface area contributed by atoms with E-state index < -0.39 is 6.04 Å². The first-order chi connectivity index (χ1) is 11.5. The number of carbonyl (C=O) groups excluding carboxylic acids is 1. The quantitative estimate of drug-likeness (QED) is 0.728. The van der Waals surface area contributed by atoms with Crippen LogP contribution in [0.3, 0.4) is 0 Å². The second-order valence-corrected chi connectivity index (χ2v) is 6.41. The number of benzene rings is 1. The zero-order valence-corrected chi connectivity index (χ0v) is 14.9. The van der Waals surface area contributed by atoms with Crippen LogP contribution in [-0.2, 0) is 11.3 Å². The van der Waals surface area contributed by atoms with Gasteiger partial charge in [-0.15, -0.1) is 5.10 Å². The number of hydrogen-bond acceptors (Lipinski definition) is 4. The fourth-order valence-electron chi connectivity index (χ4n) is 2.25. The molecule has 124 valence electrons. The molecule has 0 aliphatic rings. The van der Waals surface area contributed by atoms with Crippen molar-refractivity contribution in [3.63, 3.8) is 0 Å². The van der Waals surface area contributed by atoms with Gasteiger partial charge >= 0.3 is 0 Å². The van der Waals surface area contributed by atoms with Crippen LogP contribution in [0.5, 0.6) is 0 Å². The molecule has 1 atom stereocenters. The molecule has 0 spiro atoms. The van der Waals surface area contributed by atoms with Crippen molar-refractivity contribution in [3.8, 4) is 0 Å². The molecule has 0 radical (unpaired) electrons. The van der Waals surface area contributed by atoms with Crippen LogP contribution < -0.4 is 5.32 Å². The summed E-state index contributed by atoms with van der Waals surface area (Å²) in [5.74, 6) is 0.0610. The molecule has 3 rings (SSSR count). The normalized spacial score (nSPS) is 12.1. The van der Waals surface area contributed by atoms with E-state index in [0.29, 0.717) is 6.54 Å². The molecule has 1 amide bonds. The molecule has 1 aromatic carbocycles. The SMILES string of the molecule is Cc1ccccc1Cn1cnc(NC(=O)C(C)n2cc(Br)cn2)n1. The van der Waals surface area contributed by atoms with Crippen LogP contribution >= 0.6 is 15.9 Å². The maximum Gasteiger partial charge on any atom is 0.251 e. The lowest BCUT2D eigenvalue weighted by atomic mass is 10.1. The molecular weight excluding hydrogens is 372 g/mol. The Kier molecular flexibility index (Phi) is 4.75. The van der Waals surface area contributed by atoms with Gasteiger partial charge in [-0.3, -0.25) is 14.8 Å².